The molecule has 1 N–H and O–H groups in total. The number of aliphatic hydroxyl groups excluding tert-OH is 1. The summed E-state index contributed by atoms with van der Waals surface area (Å²) < 4.78 is 40.6. The first kappa shape index (κ1) is 13.8. The summed E-state index contributed by atoms with van der Waals surface area (Å²) in [6.07, 6.45) is -3.70. The molecule has 16 heavy (non-hydrogen) atoms. The Kier molecular flexibility index (Phi) is 4.62. The number of nitrogens with zero attached hydrogens (tertiary/aromatic N) is 1. The fourth-order valence-electron chi connectivity index (χ4n) is 1.03. The minimum absolute atomic E-state index is 0.0478. The van der Waals surface area contributed by atoms with Crippen molar-refractivity contribution in [2.75, 3.05) is 0 Å². The van der Waals surface area contributed by atoms with E-state index < -0.39 is 18.7 Å². The lowest BCUT2D eigenvalue weighted by molar-refractivity contribution is -0.275. The van der Waals surface area contributed by atoms with Gasteiger partial charge in [-0.2, -0.15) is 0 Å². The minimum atomic E-state index is -4.82. The fourth-order valence-corrected chi connectivity index (χ4v) is 2.08. The van der Waals surface area contributed by atoms with Gasteiger partial charge < -0.3 is 9.84 Å². The summed E-state index contributed by atoms with van der Waals surface area (Å²) >= 11 is 7.27. The van der Waals surface area contributed by atoms with E-state index in [1.165, 1.54) is 0 Å². The maximum Gasteiger partial charge on any atom is 0.573 e. The Hall–Kier alpha value is -0.280. The zero-order valence-electron chi connectivity index (χ0n) is 7.68. The van der Waals surface area contributed by atoms with E-state index in [0.29, 0.717) is 3.70 Å². The minimum Gasteiger partial charge on any atom is -0.405 e. The van der Waals surface area contributed by atoms with E-state index in [-0.39, 0.29) is 17.0 Å². The molecule has 0 atom stereocenters. The molecule has 0 amide bonds. The predicted octanol–water partition coefficient (Wildman–Crippen LogP) is 2.82. The van der Waals surface area contributed by atoms with E-state index in [1.807, 2.05) is 0 Å². The summed E-state index contributed by atoms with van der Waals surface area (Å²) in [5, 5.41) is 8.89. The van der Waals surface area contributed by atoms with E-state index >= 15 is 0 Å². The number of alkyl halides is 4. The van der Waals surface area contributed by atoms with Gasteiger partial charge in [0.25, 0.3) is 0 Å². The van der Waals surface area contributed by atoms with Gasteiger partial charge in [-0.15, -0.1) is 24.8 Å². The second-order valence-corrected chi connectivity index (χ2v) is 4.01. The van der Waals surface area contributed by atoms with Crippen molar-refractivity contribution >= 4 is 34.2 Å². The van der Waals surface area contributed by atoms with Crippen LogP contribution in [0.25, 0.3) is 0 Å². The molecule has 0 bridgehead atoms. The second kappa shape index (κ2) is 5.37. The van der Waals surface area contributed by atoms with Crippen molar-refractivity contribution in [2.45, 2.75) is 18.8 Å². The van der Waals surface area contributed by atoms with Crippen LogP contribution in [0, 0.1) is 3.70 Å². The van der Waals surface area contributed by atoms with Crippen molar-refractivity contribution in [3.05, 3.63) is 21.0 Å². The number of pyridine rings is 1. The van der Waals surface area contributed by atoms with Crippen molar-refractivity contribution in [1.29, 1.82) is 0 Å². The molecule has 0 spiro atoms. The molecule has 0 aliphatic carbocycles. The fraction of sp³-hybridized carbons (Fsp3) is 0.375. The second-order valence-electron chi connectivity index (χ2n) is 2.72. The number of hydrogen-bond donors (Lipinski definition) is 1. The highest BCUT2D eigenvalue weighted by Crippen LogP contribution is 2.33. The smallest absolute Gasteiger partial charge is 0.405 e. The number of ether oxygens (including phenoxy) is 1. The molecule has 1 aromatic heterocycles. The third-order valence-electron chi connectivity index (χ3n) is 1.67. The molecule has 8 heteroatoms. The molecule has 0 aromatic carbocycles. The zero-order chi connectivity index (χ0) is 12.3. The van der Waals surface area contributed by atoms with Crippen molar-refractivity contribution < 1.29 is 23.0 Å². The Morgan fingerprint density at radius 1 is 1.50 bits per heavy atom. The maximum absolute atomic E-state index is 12.1. The van der Waals surface area contributed by atoms with Gasteiger partial charge in [0.2, 0.25) is 0 Å². The molecule has 1 rings (SSSR count). The van der Waals surface area contributed by atoms with Crippen molar-refractivity contribution in [3.63, 3.8) is 0 Å². The van der Waals surface area contributed by atoms with Crippen LogP contribution in [0.3, 0.4) is 0 Å². The average molecular weight is 367 g/mol. The first-order valence-electron chi connectivity index (χ1n) is 3.98. The molecule has 0 saturated heterocycles. The summed E-state index contributed by atoms with van der Waals surface area (Å²) in [7, 11) is 0. The SMILES string of the molecule is OCc1cnc(I)c(CCl)c1OC(F)(F)F. The van der Waals surface area contributed by atoms with Crippen LogP contribution >= 0.6 is 34.2 Å². The van der Waals surface area contributed by atoms with Crippen LogP contribution < -0.4 is 4.74 Å². The Morgan fingerprint density at radius 2 is 2.12 bits per heavy atom. The van der Waals surface area contributed by atoms with Gasteiger partial charge in [-0.1, -0.05) is 0 Å². The van der Waals surface area contributed by atoms with Gasteiger partial charge in [-0.05, 0) is 22.6 Å². The number of aromatic nitrogens is 1. The van der Waals surface area contributed by atoms with Crippen molar-refractivity contribution in [2.24, 2.45) is 0 Å². The summed E-state index contributed by atoms with van der Waals surface area (Å²) in [5.41, 5.74) is 0.0690. The maximum atomic E-state index is 12.1. The first-order chi connectivity index (χ1) is 7.39. The molecule has 0 radical (unpaired) electrons. The molecule has 0 aliphatic heterocycles. The molecular formula is C8H6ClF3INO2. The number of rotatable bonds is 3. The Morgan fingerprint density at radius 3 is 2.56 bits per heavy atom. The highest BCUT2D eigenvalue weighted by atomic mass is 127. The average Bonchev–Trinajstić information content (AvgIpc) is 2.16. The van der Waals surface area contributed by atoms with Gasteiger partial charge in [0.15, 0.2) is 0 Å². The van der Waals surface area contributed by atoms with Gasteiger partial charge in [-0.25, -0.2) is 4.98 Å². The van der Waals surface area contributed by atoms with Gasteiger partial charge >= 0.3 is 6.36 Å². The lowest BCUT2D eigenvalue weighted by Crippen LogP contribution is -2.20. The summed E-state index contributed by atoms with van der Waals surface area (Å²) in [5.74, 6) is -0.644. The van der Waals surface area contributed by atoms with Crippen LogP contribution in [0.15, 0.2) is 6.20 Å². The third kappa shape index (κ3) is 3.36. The number of hydrogen-bond acceptors (Lipinski definition) is 3. The molecule has 3 nitrogen and oxygen atoms in total. The van der Waals surface area contributed by atoms with Crippen molar-refractivity contribution in [1.82, 2.24) is 4.98 Å². The van der Waals surface area contributed by atoms with E-state index in [1.54, 1.807) is 22.6 Å². The van der Waals surface area contributed by atoms with Gasteiger partial charge in [0.05, 0.1) is 12.5 Å². The zero-order valence-corrected chi connectivity index (χ0v) is 10.6. The summed E-state index contributed by atoms with van der Waals surface area (Å²) in [6, 6.07) is 0. The van der Waals surface area contributed by atoms with Gasteiger partial charge in [0.1, 0.15) is 9.45 Å². The molecule has 1 aromatic rings. The quantitative estimate of drug-likeness (QED) is 0.507. The van der Waals surface area contributed by atoms with Crippen LogP contribution in [-0.4, -0.2) is 16.5 Å². The lowest BCUT2D eigenvalue weighted by atomic mass is 10.2. The molecule has 0 unspecified atom stereocenters. The molecule has 90 valence electrons. The van der Waals surface area contributed by atoms with E-state index in [9.17, 15) is 13.2 Å². The van der Waals surface area contributed by atoms with Crippen LogP contribution in [0.4, 0.5) is 13.2 Å². The molecule has 0 saturated carbocycles. The lowest BCUT2D eigenvalue weighted by Gasteiger charge is -2.15. The third-order valence-corrected chi connectivity index (χ3v) is 2.87. The van der Waals surface area contributed by atoms with Gasteiger partial charge in [-0.3, -0.25) is 0 Å². The topological polar surface area (TPSA) is 42.4 Å². The highest BCUT2D eigenvalue weighted by molar-refractivity contribution is 14.1. The summed E-state index contributed by atoms with van der Waals surface area (Å²) in [6.45, 7) is -0.598. The number of halogens is 5. The number of aliphatic hydroxyl groups is 1. The summed E-state index contributed by atoms with van der Waals surface area (Å²) in [4.78, 5) is 3.81. The van der Waals surface area contributed by atoms with E-state index in [2.05, 4.69) is 9.72 Å². The predicted molar refractivity (Wildman–Crippen MR) is 59.1 cm³/mol. The Bertz CT molecular complexity index is 386. The Balaban J connectivity index is 3.25. The van der Waals surface area contributed by atoms with Crippen LogP contribution in [0.5, 0.6) is 5.75 Å². The van der Waals surface area contributed by atoms with E-state index in [0.717, 1.165) is 6.20 Å². The van der Waals surface area contributed by atoms with Crippen LogP contribution in [0.1, 0.15) is 11.1 Å². The van der Waals surface area contributed by atoms with Gasteiger partial charge in [0, 0.05) is 17.3 Å². The first-order valence-corrected chi connectivity index (χ1v) is 5.59. The van der Waals surface area contributed by atoms with Crippen LogP contribution in [0.2, 0.25) is 0 Å². The molecule has 1 heterocycles. The van der Waals surface area contributed by atoms with E-state index in [4.69, 9.17) is 16.7 Å². The molecule has 0 aliphatic rings. The Labute approximate surface area is 108 Å². The highest BCUT2D eigenvalue weighted by Gasteiger charge is 2.33. The molecular weight excluding hydrogens is 361 g/mol. The molecule has 0 fully saturated rings. The standard InChI is InChI=1S/C8H6ClF3INO2/c9-1-5-6(16-8(10,11)12)4(3-15)2-14-7(5)13/h2,15H,1,3H2. The van der Waals surface area contributed by atoms with Crippen LogP contribution in [-0.2, 0) is 12.5 Å². The normalized spacial score (nSPS) is 11.6. The van der Waals surface area contributed by atoms with Crippen molar-refractivity contribution in [3.8, 4) is 5.75 Å². The largest absolute Gasteiger partial charge is 0.573 e. The monoisotopic (exact) mass is 367 g/mol.